The van der Waals surface area contributed by atoms with Crippen LogP contribution in [-0.2, 0) is 4.79 Å². The Hall–Kier alpha value is -1.68. The summed E-state index contributed by atoms with van der Waals surface area (Å²) in [6, 6.07) is 0.549. The molecule has 1 rings (SSSR count). The second-order valence-corrected chi connectivity index (χ2v) is 6.42. The molecule has 4 nitrogen and oxygen atoms in total. The van der Waals surface area contributed by atoms with Gasteiger partial charge in [-0.05, 0) is 51.1 Å². The van der Waals surface area contributed by atoms with Crippen molar-refractivity contribution in [3.8, 4) is 0 Å². The van der Waals surface area contributed by atoms with Crippen molar-refractivity contribution in [1.82, 2.24) is 10.6 Å². The summed E-state index contributed by atoms with van der Waals surface area (Å²) < 4.78 is 0. The van der Waals surface area contributed by atoms with Crippen LogP contribution in [0, 0.1) is 5.92 Å². The first-order valence-electron chi connectivity index (χ1n) is 9.11. The molecule has 2 unspecified atom stereocenters. The standard InChI is InChI=1S/C20H33N3O/c1-17-10-5-4-6-12-19(17)16-22-14-9-13-20(24)23-15-8-7-11-18(2)21-3/h4-6,10,14,16-18,21H,7-9,11-13,15H2,1-3H3,(H,23,24)/b19-16-,22-14-. The number of hydrogen-bond acceptors (Lipinski definition) is 3. The van der Waals surface area contributed by atoms with E-state index in [9.17, 15) is 4.79 Å². The Morgan fingerprint density at radius 2 is 2.25 bits per heavy atom. The monoisotopic (exact) mass is 331 g/mol. The van der Waals surface area contributed by atoms with Crippen LogP contribution in [0.25, 0.3) is 0 Å². The van der Waals surface area contributed by atoms with Gasteiger partial charge in [-0.3, -0.25) is 9.79 Å². The maximum Gasteiger partial charge on any atom is 0.220 e. The van der Waals surface area contributed by atoms with Crippen LogP contribution in [-0.4, -0.2) is 31.8 Å². The molecule has 0 radical (unpaired) electrons. The van der Waals surface area contributed by atoms with E-state index < -0.39 is 0 Å². The van der Waals surface area contributed by atoms with Gasteiger partial charge in [0, 0.05) is 31.4 Å². The van der Waals surface area contributed by atoms with Crippen LogP contribution in [0.5, 0.6) is 0 Å². The van der Waals surface area contributed by atoms with Gasteiger partial charge in [-0.15, -0.1) is 0 Å². The summed E-state index contributed by atoms with van der Waals surface area (Å²) in [5.74, 6) is 0.538. The molecule has 0 heterocycles. The molecule has 24 heavy (non-hydrogen) atoms. The molecule has 0 spiro atoms. The van der Waals surface area contributed by atoms with Crippen LogP contribution in [0.4, 0.5) is 0 Å². The number of hydrogen-bond donors (Lipinski definition) is 2. The fraction of sp³-hybridized carbons (Fsp3) is 0.600. The molecule has 0 aromatic rings. The Morgan fingerprint density at radius 1 is 1.42 bits per heavy atom. The Balaban J connectivity index is 2.12. The third kappa shape index (κ3) is 9.46. The van der Waals surface area contributed by atoms with Gasteiger partial charge in [-0.25, -0.2) is 0 Å². The Morgan fingerprint density at radius 3 is 3.04 bits per heavy atom. The third-order valence-electron chi connectivity index (χ3n) is 4.31. The number of allylic oxidation sites excluding steroid dienone is 5. The van der Waals surface area contributed by atoms with Crippen molar-refractivity contribution in [2.75, 3.05) is 13.6 Å². The van der Waals surface area contributed by atoms with Gasteiger partial charge >= 0.3 is 0 Å². The Labute approximate surface area is 147 Å². The molecule has 2 atom stereocenters. The topological polar surface area (TPSA) is 53.5 Å². The highest BCUT2D eigenvalue weighted by molar-refractivity contribution is 5.78. The molecule has 2 N–H and O–H groups in total. The average Bonchev–Trinajstić information content (AvgIpc) is 2.78. The van der Waals surface area contributed by atoms with Crippen molar-refractivity contribution in [3.05, 3.63) is 36.1 Å². The first kappa shape index (κ1) is 20.4. The van der Waals surface area contributed by atoms with Crippen LogP contribution in [0.15, 0.2) is 41.1 Å². The van der Waals surface area contributed by atoms with Gasteiger partial charge in [0.25, 0.3) is 0 Å². The molecule has 1 aliphatic rings. The second-order valence-electron chi connectivity index (χ2n) is 6.42. The minimum absolute atomic E-state index is 0.115. The lowest BCUT2D eigenvalue weighted by Gasteiger charge is -2.09. The number of rotatable bonds is 10. The summed E-state index contributed by atoms with van der Waals surface area (Å²) in [6.45, 7) is 5.12. The number of nitrogens with zero attached hydrogens (tertiary/aromatic N) is 1. The van der Waals surface area contributed by atoms with E-state index in [1.165, 1.54) is 5.57 Å². The minimum Gasteiger partial charge on any atom is -0.356 e. The molecule has 1 amide bonds. The number of carbonyl (C=O) groups is 1. The highest BCUT2D eigenvalue weighted by Crippen LogP contribution is 2.19. The molecule has 0 saturated heterocycles. The smallest absolute Gasteiger partial charge is 0.220 e. The van der Waals surface area contributed by atoms with E-state index in [0.717, 1.165) is 32.2 Å². The number of aliphatic imine (C=N–C) groups is 1. The zero-order valence-corrected chi connectivity index (χ0v) is 15.4. The molecular formula is C20H33N3O. The summed E-state index contributed by atoms with van der Waals surface area (Å²) in [4.78, 5) is 16.1. The molecule has 4 heteroatoms. The quantitative estimate of drug-likeness (QED) is 0.473. The van der Waals surface area contributed by atoms with E-state index in [-0.39, 0.29) is 5.91 Å². The Bertz CT molecular complexity index is 477. The second kappa shape index (κ2) is 12.7. The lowest BCUT2D eigenvalue weighted by atomic mass is 10.0. The van der Waals surface area contributed by atoms with Crippen LogP contribution < -0.4 is 10.6 Å². The first-order valence-corrected chi connectivity index (χ1v) is 9.11. The molecule has 0 aromatic heterocycles. The third-order valence-corrected chi connectivity index (χ3v) is 4.31. The van der Waals surface area contributed by atoms with Crippen molar-refractivity contribution < 1.29 is 4.79 Å². The molecule has 0 aromatic carbocycles. The van der Waals surface area contributed by atoms with E-state index in [1.54, 1.807) is 0 Å². The fourth-order valence-corrected chi connectivity index (χ4v) is 2.45. The number of unbranched alkanes of at least 4 members (excludes halogenated alkanes) is 1. The summed E-state index contributed by atoms with van der Waals surface area (Å²) in [6.07, 6.45) is 17.7. The lowest BCUT2D eigenvalue weighted by molar-refractivity contribution is -0.120. The predicted molar refractivity (Wildman–Crippen MR) is 103 cm³/mol. The summed E-state index contributed by atoms with van der Waals surface area (Å²) >= 11 is 0. The van der Waals surface area contributed by atoms with Crippen LogP contribution in [0.3, 0.4) is 0 Å². The molecule has 0 aliphatic heterocycles. The highest BCUT2D eigenvalue weighted by atomic mass is 16.1. The first-order chi connectivity index (χ1) is 11.6. The van der Waals surface area contributed by atoms with Crippen molar-refractivity contribution in [1.29, 1.82) is 0 Å². The SMILES string of the molecule is CNC(C)CCCCNC(=O)CC/C=N\C=C1\CC=CC=CC1C. The maximum absolute atomic E-state index is 11.7. The van der Waals surface area contributed by atoms with Gasteiger partial charge < -0.3 is 10.6 Å². The van der Waals surface area contributed by atoms with Gasteiger partial charge in [-0.2, -0.15) is 0 Å². The number of amides is 1. The molecule has 0 bridgehead atoms. The molecule has 1 aliphatic carbocycles. The van der Waals surface area contributed by atoms with E-state index >= 15 is 0 Å². The van der Waals surface area contributed by atoms with Crippen molar-refractivity contribution >= 4 is 12.1 Å². The number of carbonyl (C=O) groups excluding carboxylic acids is 1. The fourth-order valence-electron chi connectivity index (χ4n) is 2.45. The minimum atomic E-state index is 0.115. The van der Waals surface area contributed by atoms with Crippen molar-refractivity contribution in [2.45, 2.75) is 58.4 Å². The van der Waals surface area contributed by atoms with Gasteiger partial charge in [0.05, 0.1) is 0 Å². The lowest BCUT2D eigenvalue weighted by Crippen LogP contribution is -2.25. The van der Waals surface area contributed by atoms with E-state index in [1.807, 2.05) is 19.5 Å². The summed E-state index contributed by atoms with van der Waals surface area (Å²) in [5.41, 5.74) is 1.30. The van der Waals surface area contributed by atoms with Crippen LogP contribution >= 0.6 is 0 Å². The predicted octanol–water partition coefficient (Wildman–Crippen LogP) is 3.77. The van der Waals surface area contributed by atoms with Gasteiger partial charge in [0.2, 0.25) is 5.91 Å². The van der Waals surface area contributed by atoms with E-state index in [2.05, 4.69) is 53.8 Å². The van der Waals surface area contributed by atoms with Gasteiger partial charge in [0.1, 0.15) is 0 Å². The zero-order valence-electron chi connectivity index (χ0n) is 15.4. The highest BCUT2D eigenvalue weighted by Gasteiger charge is 2.05. The summed E-state index contributed by atoms with van der Waals surface area (Å²) in [5, 5.41) is 6.20. The van der Waals surface area contributed by atoms with Crippen molar-refractivity contribution in [3.63, 3.8) is 0 Å². The largest absolute Gasteiger partial charge is 0.356 e. The van der Waals surface area contributed by atoms with Crippen molar-refractivity contribution in [2.24, 2.45) is 10.9 Å². The molecular weight excluding hydrogens is 298 g/mol. The molecule has 0 saturated carbocycles. The van der Waals surface area contributed by atoms with Gasteiger partial charge in [0.15, 0.2) is 0 Å². The number of nitrogens with one attached hydrogen (secondary N) is 2. The Kier molecular flexibility index (Phi) is 10.8. The van der Waals surface area contributed by atoms with Crippen LogP contribution in [0.2, 0.25) is 0 Å². The zero-order chi connectivity index (χ0) is 17.6. The van der Waals surface area contributed by atoms with Crippen LogP contribution in [0.1, 0.15) is 52.4 Å². The molecule has 0 fully saturated rings. The maximum atomic E-state index is 11.7. The van der Waals surface area contributed by atoms with E-state index in [0.29, 0.717) is 24.8 Å². The summed E-state index contributed by atoms with van der Waals surface area (Å²) in [7, 11) is 1.98. The average molecular weight is 332 g/mol. The van der Waals surface area contributed by atoms with E-state index in [4.69, 9.17) is 0 Å². The molecule has 134 valence electrons. The van der Waals surface area contributed by atoms with Gasteiger partial charge in [-0.1, -0.05) is 37.6 Å². The normalized spacial score (nSPS) is 20.5.